The average Bonchev–Trinajstić information content (AvgIpc) is 2.70. The van der Waals surface area contributed by atoms with E-state index in [9.17, 15) is 9.59 Å². The van der Waals surface area contributed by atoms with Crippen LogP contribution in [0.1, 0.15) is 39.2 Å². The highest BCUT2D eigenvalue weighted by atomic mass is 16.6. The van der Waals surface area contributed by atoms with Crippen molar-refractivity contribution in [3.63, 3.8) is 0 Å². The van der Waals surface area contributed by atoms with Gasteiger partial charge in [-0.25, -0.2) is 4.79 Å². The molecule has 29 heavy (non-hydrogen) atoms. The Kier molecular flexibility index (Phi) is 6.30. The highest BCUT2D eigenvalue weighted by molar-refractivity contribution is 5.88. The fraction of sp³-hybridized carbons (Fsp3) is 0.478. The molecule has 6 heteroatoms. The Balaban J connectivity index is 1.59. The Morgan fingerprint density at radius 2 is 1.79 bits per heavy atom. The van der Waals surface area contributed by atoms with Crippen molar-refractivity contribution in [1.82, 2.24) is 10.2 Å². The van der Waals surface area contributed by atoms with Crippen molar-refractivity contribution in [1.29, 1.82) is 0 Å². The lowest BCUT2D eigenvalue weighted by Crippen LogP contribution is -2.44. The molecule has 2 aromatic rings. The summed E-state index contributed by atoms with van der Waals surface area (Å²) in [6.07, 6.45) is 0.965. The zero-order valence-corrected chi connectivity index (χ0v) is 17.7. The molecule has 1 saturated heterocycles. The second-order valence-electron chi connectivity index (χ2n) is 8.43. The number of nitrogens with one attached hydrogen (secondary N) is 1. The zero-order chi connectivity index (χ0) is 21.0. The van der Waals surface area contributed by atoms with Crippen LogP contribution in [0.15, 0.2) is 36.4 Å². The summed E-state index contributed by atoms with van der Waals surface area (Å²) < 4.78 is 10.9. The van der Waals surface area contributed by atoms with Crippen molar-refractivity contribution < 1.29 is 19.1 Å². The molecule has 6 nitrogen and oxygen atoms in total. The molecule has 156 valence electrons. The number of fused-ring (bicyclic) bond motifs is 1. The number of nitrogens with zero attached hydrogens (tertiary/aromatic N) is 1. The van der Waals surface area contributed by atoms with Crippen LogP contribution in [0.4, 0.5) is 4.79 Å². The summed E-state index contributed by atoms with van der Waals surface area (Å²) in [6.45, 7) is 7.04. The number of benzene rings is 2. The molecule has 1 fully saturated rings. The van der Waals surface area contributed by atoms with Crippen LogP contribution < -0.4 is 10.1 Å². The molecule has 0 radical (unpaired) electrons. The van der Waals surface area contributed by atoms with Gasteiger partial charge in [0.15, 0.2) is 0 Å². The van der Waals surface area contributed by atoms with Gasteiger partial charge in [0.25, 0.3) is 0 Å². The van der Waals surface area contributed by atoms with E-state index in [4.69, 9.17) is 9.47 Å². The van der Waals surface area contributed by atoms with Gasteiger partial charge < -0.3 is 19.7 Å². The van der Waals surface area contributed by atoms with Crippen LogP contribution in [0.25, 0.3) is 10.8 Å². The topological polar surface area (TPSA) is 67.9 Å². The van der Waals surface area contributed by atoms with Gasteiger partial charge in [-0.15, -0.1) is 0 Å². The molecular weight excluding hydrogens is 368 g/mol. The van der Waals surface area contributed by atoms with Gasteiger partial charge in [0.2, 0.25) is 5.91 Å². The summed E-state index contributed by atoms with van der Waals surface area (Å²) in [5, 5.41) is 5.25. The van der Waals surface area contributed by atoms with Crippen molar-refractivity contribution >= 4 is 22.8 Å². The molecule has 3 rings (SSSR count). The lowest BCUT2D eigenvalue weighted by molar-refractivity contribution is -0.126. The molecule has 0 aromatic heterocycles. The van der Waals surface area contributed by atoms with Gasteiger partial charge >= 0.3 is 6.09 Å². The van der Waals surface area contributed by atoms with E-state index in [1.165, 1.54) is 0 Å². The van der Waals surface area contributed by atoms with E-state index < -0.39 is 5.60 Å². The van der Waals surface area contributed by atoms with Crippen LogP contribution in [-0.4, -0.2) is 42.7 Å². The van der Waals surface area contributed by atoms with Crippen molar-refractivity contribution in [3.05, 3.63) is 42.0 Å². The van der Waals surface area contributed by atoms with Gasteiger partial charge in [-0.3, -0.25) is 4.79 Å². The summed E-state index contributed by atoms with van der Waals surface area (Å²) in [5.41, 5.74) is 0.466. The predicted molar refractivity (Wildman–Crippen MR) is 113 cm³/mol. The molecule has 1 aliphatic rings. The van der Waals surface area contributed by atoms with Gasteiger partial charge in [0.1, 0.15) is 11.4 Å². The van der Waals surface area contributed by atoms with Crippen LogP contribution in [0.3, 0.4) is 0 Å². The van der Waals surface area contributed by atoms with Gasteiger partial charge in [0.05, 0.1) is 7.11 Å². The van der Waals surface area contributed by atoms with Crippen molar-refractivity contribution in [2.24, 2.45) is 5.92 Å². The Hall–Kier alpha value is -2.76. The number of hydrogen-bond acceptors (Lipinski definition) is 4. The summed E-state index contributed by atoms with van der Waals surface area (Å²) in [6, 6.07) is 12.0. The molecule has 1 aliphatic heterocycles. The maximum absolute atomic E-state index is 12.7. The minimum atomic E-state index is -0.511. The standard InChI is InChI=1S/C23H30N2O4/c1-23(2,3)29-22(27)25-13-11-17(12-14-25)21(26)24-15-19-18-8-6-5-7-16(18)9-10-20(19)28-4/h5-10,17H,11-15H2,1-4H3,(H,24,26). The largest absolute Gasteiger partial charge is 0.496 e. The first-order chi connectivity index (χ1) is 13.8. The summed E-state index contributed by atoms with van der Waals surface area (Å²) in [5.74, 6) is 0.683. The normalized spacial score (nSPS) is 15.2. The fourth-order valence-electron chi connectivity index (χ4n) is 3.66. The van der Waals surface area contributed by atoms with Gasteiger partial charge in [-0.05, 0) is 50.5 Å². The number of piperidine rings is 1. The molecular formula is C23H30N2O4. The number of amides is 2. The van der Waals surface area contributed by atoms with Crippen LogP contribution in [0.2, 0.25) is 0 Å². The quantitative estimate of drug-likeness (QED) is 0.842. The number of methoxy groups -OCH3 is 1. The predicted octanol–water partition coefficient (Wildman–Crippen LogP) is 4.11. The summed E-state index contributed by atoms with van der Waals surface area (Å²) >= 11 is 0. The molecule has 1 N–H and O–H groups in total. The third-order valence-corrected chi connectivity index (χ3v) is 5.17. The minimum Gasteiger partial charge on any atom is -0.496 e. The average molecular weight is 399 g/mol. The molecule has 0 spiro atoms. The number of likely N-dealkylation sites (tertiary alicyclic amines) is 1. The molecule has 0 bridgehead atoms. The highest BCUT2D eigenvalue weighted by Crippen LogP contribution is 2.28. The van der Waals surface area contributed by atoms with E-state index in [0.29, 0.717) is 32.5 Å². The second kappa shape index (κ2) is 8.72. The zero-order valence-electron chi connectivity index (χ0n) is 17.7. The number of carbonyl (C=O) groups excluding carboxylic acids is 2. The smallest absolute Gasteiger partial charge is 0.410 e. The van der Waals surface area contributed by atoms with E-state index in [1.54, 1.807) is 12.0 Å². The summed E-state index contributed by atoms with van der Waals surface area (Å²) in [7, 11) is 1.64. The molecule has 2 aromatic carbocycles. The van der Waals surface area contributed by atoms with Crippen LogP contribution >= 0.6 is 0 Å². The molecule has 0 unspecified atom stereocenters. The lowest BCUT2D eigenvalue weighted by Gasteiger charge is -2.33. The van der Waals surface area contributed by atoms with E-state index >= 15 is 0 Å². The van der Waals surface area contributed by atoms with Gasteiger partial charge in [-0.1, -0.05) is 30.3 Å². The van der Waals surface area contributed by atoms with Crippen molar-refractivity contribution in [2.75, 3.05) is 20.2 Å². The molecule has 1 heterocycles. The van der Waals surface area contributed by atoms with E-state index in [0.717, 1.165) is 22.1 Å². The van der Waals surface area contributed by atoms with Crippen molar-refractivity contribution in [3.8, 4) is 5.75 Å². The maximum Gasteiger partial charge on any atom is 0.410 e. The van der Waals surface area contributed by atoms with E-state index in [1.807, 2.05) is 57.2 Å². The van der Waals surface area contributed by atoms with Crippen molar-refractivity contribution in [2.45, 2.75) is 45.8 Å². The lowest BCUT2D eigenvalue weighted by atomic mass is 9.96. The monoisotopic (exact) mass is 398 g/mol. The highest BCUT2D eigenvalue weighted by Gasteiger charge is 2.29. The summed E-state index contributed by atoms with van der Waals surface area (Å²) in [4.78, 5) is 26.6. The Morgan fingerprint density at radius 3 is 2.45 bits per heavy atom. The Bertz CT molecular complexity index is 880. The third-order valence-electron chi connectivity index (χ3n) is 5.17. The number of hydrogen-bond donors (Lipinski definition) is 1. The SMILES string of the molecule is COc1ccc2ccccc2c1CNC(=O)C1CCN(C(=O)OC(C)(C)C)CC1. The Morgan fingerprint density at radius 1 is 1.10 bits per heavy atom. The van der Waals surface area contributed by atoms with Gasteiger partial charge in [-0.2, -0.15) is 0 Å². The minimum absolute atomic E-state index is 0.0174. The molecule has 0 saturated carbocycles. The first-order valence-corrected chi connectivity index (χ1v) is 10.1. The van der Waals surface area contributed by atoms with E-state index in [2.05, 4.69) is 5.32 Å². The van der Waals surface area contributed by atoms with Crippen LogP contribution in [0.5, 0.6) is 5.75 Å². The van der Waals surface area contributed by atoms with Crippen LogP contribution in [-0.2, 0) is 16.1 Å². The Labute approximate surface area is 172 Å². The molecule has 0 atom stereocenters. The maximum atomic E-state index is 12.7. The molecule has 2 amide bonds. The number of ether oxygens (including phenoxy) is 2. The number of rotatable bonds is 4. The van der Waals surface area contributed by atoms with Gasteiger partial charge in [0, 0.05) is 31.1 Å². The number of carbonyl (C=O) groups is 2. The fourth-order valence-corrected chi connectivity index (χ4v) is 3.66. The van der Waals surface area contributed by atoms with Crippen LogP contribution in [0, 0.1) is 5.92 Å². The molecule has 0 aliphatic carbocycles. The second-order valence-corrected chi connectivity index (χ2v) is 8.43. The van der Waals surface area contributed by atoms with E-state index in [-0.39, 0.29) is 17.9 Å². The first kappa shape index (κ1) is 21.0. The third kappa shape index (κ3) is 5.19. The first-order valence-electron chi connectivity index (χ1n) is 10.1.